The first-order valence-corrected chi connectivity index (χ1v) is 10.5. The van der Waals surface area contributed by atoms with Crippen LogP contribution in [0.1, 0.15) is 11.1 Å². The first-order chi connectivity index (χ1) is 13.2. The van der Waals surface area contributed by atoms with Crippen LogP contribution in [0.5, 0.6) is 5.75 Å². The summed E-state index contributed by atoms with van der Waals surface area (Å²) in [6, 6.07) is 17.4. The van der Waals surface area contributed by atoms with Crippen LogP contribution in [-0.2, 0) is 10.1 Å². The molecular formula is C20H13F3O3S2. The lowest BCUT2D eigenvalue weighted by Crippen LogP contribution is -2.28. The molecule has 0 heterocycles. The van der Waals surface area contributed by atoms with Gasteiger partial charge >= 0.3 is 15.6 Å². The molecule has 3 aromatic carbocycles. The van der Waals surface area contributed by atoms with E-state index in [-0.39, 0.29) is 10.6 Å². The quantitative estimate of drug-likeness (QED) is 0.252. The molecule has 0 unspecified atom stereocenters. The minimum atomic E-state index is -5.74. The summed E-state index contributed by atoms with van der Waals surface area (Å²) in [5, 5.41) is 1.25. The van der Waals surface area contributed by atoms with E-state index in [4.69, 9.17) is 0 Å². The molecule has 0 saturated carbocycles. The van der Waals surface area contributed by atoms with E-state index >= 15 is 0 Å². The molecular weight excluding hydrogens is 409 g/mol. The molecule has 0 bridgehead atoms. The molecule has 0 aliphatic heterocycles. The van der Waals surface area contributed by atoms with E-state index in [9.17, 15) is 21.6 Å². The largest absolute Gasteiger partial charge is 0.534 e. The van der Waals surface area contributed by atoms with Crippen LogP contribution in [-0.4, -0.2) is 20.2 Å². The molecule has 0 radical (unpaired) electrons. The highest BCUT2D eigenvalue weighted by Gasteiger charge is 2.48. The van der Waals surface area contributed by atoms with E-state index in [0.29, 0.717) is 10.8 Å². The summed E-state index contributed by atoms with van der Waals surface area (Å²) in [4.78, 5) is 0.272. The minimum absolute atomic E-state index is 0.272. The number of benzene rings is 3. The van der Waals surface area contributed by atoms with Crippen LogP contribution < -0.4 is 4.18 Å². The fourth-order valence-corrected chi connectivity index (χ4v) is 3.46. The summed E-state index contributed by atoms with van der Waals surface area (Å²) in [5.74, 6) is 5.70. The Balaban J connectivity index is 1.99. The van der Waals surface area contributed by atoms with Crippen molar-refractivity contribution in [1.82, 2.24) is 0 Å². The average molecular weight is 422 g/mol. The maximum atomic E-state index is 12.6. The van der Waals surface area contributed by atoms with Gasteiger partial charge in [0.1, 0.15) is 0 Å². The predicted molar refractivity (Wildman–Crippen MR) is 104 cm³/mol. The van der Waals surface area contributed by atoms with Gasteiger partial charge in [-0.3, -0.25) is 0 Å². The highest BCUT2D eigenvalue weighted by molar-refractivity contribution is 7.98. The monoisotopic (exact) mass is 422 g/mol. The average Bonchev–Trinajstić information content (AvgIpc) is 2.65. The lowest BCUT2D eigenvalue weighted by Gasteiger charge is -2.13. The van der Waals surface area contributed by atoms with Crippen molar-refractivity contribution < 1.29 is 25.8 Å². The third kappa shape index (κ3) is 4.43. The van der Waals surface area contributed by atoms with Crippen LogP contribution in [0, 0.1) is 11.8 Å². The lowest BCUT2D eigenvalue weighted by atomic mass is 10.1. The third-order valence-corrected chi connectivity index (χ3v) is 5.46. The second-order valence-electron chi connectivity index (χ2n) is 5.66. The Kier molecular flexibility index (Phi) is 5.59. The standard InChI is InChI=1S/C20H13F3O3S2/c1-27-19-13-17-11-15(8-7-14-5-3-2-4-6-14)9-10-16(17)12-18(19)26-28(24,25)20(21,22)23/h2-6,9-13H,1H3. The molecule has 0 N–H and O–H groups in total. The number of halogens is 3. The molecule has 144 valence electrons. The van der Waals surface area contributed by atoms with Gasteiger partial charge in [0.05, 0.1) is 4.90 Å². The van der Waals surface area contributed by atoms with E-state index in [1.54, 1.807) is 30.5 Å². The maximum Gasteiger partial charge on any atom is 0.534 e. The van der Waals surface area contributed by atoms with Crippen LogP contribution in [0.25, 0.3) is 10.8 Å². The van der Waals surface area contributed by atoms with Crippen molar-refractivity contribution in [2.75, 3.05) is 6.26 Å². The maximum absolute atomic E-state index is 12.6. The fraction of sp³-hybridized carbons (Fsp3) is 0.100. The van der Waals surface area contributed by atoms with Gasteiger partial charge in [0.2, 0.25) is 0 Å². The van der Waals surface area contributed by atoms with Gasteiger partial charge in [0.25, 0.3) is 0 Å². The molecule has 3 rings (SSSR count). The Morgan fingerprint density at radius 1 is 0.893 bits per heavy atom. The Hall–Kier alpha value is -2.63. The molecule has 3 aromatic rings. The van der Waals surface area contributed by atoms with Crippen LogP contribution in [0.15, 0.2) is 65.6 Å². The number of hydrogen-bond acceptors (Lipinski definition) is 4. The van der Waals surface area contributed by atoms with Gasteiger partial charge in [-0.25, -0.2) is 0 Å². The second kappa shape index (κ2) is 7.78. The van der Waals surface area contributed by atoms with Crippen molar-refractivity contribution in [3.05, 3.63) is 71.8 Å². The van der Waals surface area contributed by atoms with Crippen molar-refractivity contribution in [1.29, 1.82) is 0 Å². The first-order valence-electron chi connectivity index (χ1n) is 7.89. The smallest absolute Gasteiger partial charge is 0.375 e. The molecule has 0 spiro atoms. The molecule has 0 amide bonds. The lowest BCUT2D eigenvalue weighted by molar-refractivity contribution is -0.0500. The van der Waals surface area contributed by atoms with Gasteiger partial charge in [0.15, 0.2) is 5.75 Å². The van der Waals surface area contributed by atoms with Crippen molar-refractivity contribution in [3.8, 4) is 17.6 Å². The van der Waals surface area contributed by atoms with E-state index in [2.05, 4.69) is 16.0 Å². The van der Waals surface area contributed by atoms with Crippen molar-refractivity contribution in [2.45, 2.75) is 10.4 Å². The van der Waals surface area contributed by atoms with E-state index < -0.39 is 15.6 Å². The normalized spacial score (nSPS) is 11.7. The van der Waals surface area contributed by atoms with Crippen molar-refractivity contribution in [3.63, 3.8) is 0 Å². The highest BCUT2D eigenvalue weighted by Crippen LogP contribution is 2.36. The molecule has 28 heavy (non-hydrogen) atoms. The van der Waals surface area contributed by atoms with Gasteiger partial charge in [-0.15, -0.1) is 11.8 Å². The molecule has 0 aliphatic rings. The molecule has 8 heteroatoms. The summed E-state index contributed by atoms with van der Waals surface area (Å²) >= 11 is 1.08. The number of fused-ring (bicyclic) bond motifs is 1. The zero-order valence-electron chi connectivity index (χ0n) is 14.4. The molecule has 0 atom stereocenters. The molecule has 0 aromatic heterocycles. The first kappa shape index (κ1) is 20.1. The zero-order valence-corrected chi connectivity index (χ0v) is 16.1. The summed E-state index contributed by atoms with van der Waals surface area (Å²) in [6.45, 7) is 0. The second-order valence-corrected chi connectivity index (χ2v) is 8.05. The van der Waals surface area contributed by atoms with Crippen LogP contribution in [0.2, 0.25) is 0 Å². The van der Waals surface area contributed by atoms with Gasteiger partial charge in [-0.2, -0.15) is 21.6 Å². The van der Waals surface area contributed by atoms with Gasteiger partial charge < -0.3 is 4.18 Å². The van der Waals surface area contributed by atoms with E-state index in [0.717, 1.165) is 22.9 Å². The van der Waals surface area contributed by atoms with Crippen LogP contribution >= 0.6 is 11.8 Å². The molecule has 0 aliphatic carbocycles. The summed E-state index contributed by atoms with van der Waals surface area (Å²) in [6.07, 6.45) is 1.62. The number of thioether (sulfide) groups is 1. The van der Waals surface area contributed by atoms with Gasteiger partial charge in [0, 0.05) is 11.1 Å². The minimum Gasteiger partial charge on any atom is -0.375 e. The predicted octanol–water partition coefficient (Wildman–Crippen LogP) is 5.19. The zero-order chi connectivity index (χ0) is 20.4. The van der Waals surface area contributed by atoms with E-state index in [1.165, 1.54) is 6.07 Å². The number of hydrogen-bond donors (Lipinski definition) is 0. The number of rotatable bonds is 3. The third-order valence-electron chi connectivity index (χ3n) is 3.73. The van der Waals surface area contributed by atoms with Crippen LogP contribution in [0.3, 0.4) is 0 Å². The van der Waals surface area contributed by atoms with Gasteiger partial charge in [-0.05, 0) is 53.4 Å². The fourth-order valence-electron chi connectivity index (χ4n) is 2.39. The molecule has 0 fully saturated rings. The Labute approximate surface area is 164 Å². The SMILES string of the molecule is CSc1cc2cc(C#Cc3ccccc3)ccc2cc1OS(=O)(=O)C(F)(F)F. The topological polar surface area (TPSA) is 43.4 Å². The number of alkyl halides is 3. The van der Waals surface area contributed by atoms with Crippen LogP contribution in [0.4, 0.5) is 13.2 Å². The van der Waals surface area contributed by atoms with Gasteiger partial charge in [-0.1, -0.05) is 36.1 Å². The Bertz CT molecular complexity index is 1180. The molecule has 0 saturated heterocycles. The van der Waals surface area contributed by atoms with Crippen molar-refractivity contribution in [2.24, 2.45) is 0 Å². The molecule has 3 nitrogen and oxygen atoms in total. The van der Waals surface area contributed by atoms with E-state index in [1.807, 2.05) is 30.3 Å². The Morgan fingerprint density at radius 2 is 1.57 bits per heavy atom. The summed E-state index contributed by atoms with van der Waals surface area (Å²) < 4.78 is 64.8. The Morgan fingerprint density at radius 3 is 2.21 bits per heavy atom. The summed E-state index contributed by atoms with van der Waals surface area (Å²) in [7, 11) is -5.74. The summed E-state index contributed by atoms with van der Waals surface area (Å²) in [5.41, 5.74) is -3.91. The highest BCUT2D eigenvalue weighted by atomic mass is 32.2. The van der Waals surface area contributed by atoms with Crippen molar-refractivity contribution >= 4 is 32.7 Å².